The molecule has 5 rings (SSSR count). The number of nitrogens with two attached hydrogens (primary N) is 2. The van der Waals surface area contributed by atoms with Crippen LogP contribution in [0.5, 0.6) is 0 Å². The van der Waals surface area contributed by atoms with Crippen molar-refractivity contribution in [1.82, 2.24) is 14.4 Å². The quantitative estimate of drug-likeness (QED) is 0.494. The number of anilines is 1. The molecule has 0 spiro atoms. The van der Waals surface area contributed by atoms with Crippen LogP contribution in [0.1, 0.15) is 73.8 Å². The van der Waals surface area contributed by atoms with E-state index in [2.05, 4.69) is 29.4 Å². The van der Waals surface area contributed by atoms with Gasteiger partial charge in [0.15, 0.2) is 11.5 Å². The fourth-order valence-corrected chi connectivity index (χ4v) is 5.76. The fourth-order valence-electron chi connectivity index (χ4n) is 5.76. The van der Waals surface area contributed by atoms with Crippen LogP contribution in [-0.4, -0.2) is 32.4 Å². The zero-order chi connectivity index (χ0) is 23.7. The van der Waals surface area contributed by atoms with Crippen LogP contribution in [0.3, 0.4) is 0 Å². The molecule has 2 fully saturated rings. The summed E-state index contributed by atoms with van der Waals surface area (Å²) in [6.45, 7) is 2.06. The minimum Gasteiger partial charge on any atom is -0.364 e. The molecule has 5 N–H and O–H groups in total. The molecule has 0 atom stereocenters. The van der Waals surface area contributed by atoms with Crippen molar-refractivity contribution in [3.05, 3.63) is 47.9 Å². The lowest BCUT2D eigenvalue weighted by Crippen LogP contribution is -2.30. The van der Waals surface area contributed by atoms with Gasteiger partial charge in [-0.15, -0.1) is 0 Å². The van der Waals surface area contributed by atoms with Crippen molar-refractivity contribution in [1.29, 1.82) is 0 Å². The predicted octanol–water partition coefficient (Wildman–Crippen LogP) is 4.68. The Morgan fingerprint density at radius 3 is 2.32 bits per heavy atom. The number of hydrogen-bond acceptors (Lipinski definition) is 5. The number of fused-ring (bicyclic) bond motifs is 1. The Balaban J connectivity index is 1.29. The standard InChI is InChI=1S/C27H36N6O/c1-17-2-8-20(9-3-17)23-16-33-24(25(29)34)15-30-26(27(33)32-23)31-22-12-6-19(7-13-22)14-18-4-10-21(28)11-5-18/h2-3,8-9,15-16,18-19,21-22H,4-7,10-14,28H2,1H3,(H2,29,34)(H,30,31). The van der Waals surface area contributed by atoms with Crippen molar-refractivity contribution in [2.75, 3.05) is 5.32 Å². The van der Waals surface area contributed by atoms with E-state index in [0.717, 1.165) is 35.9 Å². The zero-order valence-corrected chi connectivity index (χ0v) is 20.0. The lowest BCUT2D eigenvalue weighted by molar-refractivity contribution is 0.0994. The lowest BCUT2D eigenvalue weighted by atomic mass is 9.76. The van der Waals surface area contributed by atoms with E-state index in [4.69, 9.17) is 16.5 Å². The maximum Gasteiger partial charge on any atom is 0.267 e. The Hall–Kier alpha value is -2.93. The molecule has 0 bridgehead atoms. The molecule has 0 saturated heterocycles. The highest BCUT2D eigenvalue weighted by atomic mass is 16.1. The second-order valence-electron chi connectivity index (χ2n) is 10.4. The first-order chi connectivity index (χ1) is 16.5. The Kier molecular flexibility index (Phi) is 6.55. The molecule has 34 heavy (non-hydrogen) atoms. The highest BCUT2D eigenvalue weighted by molar-refractivity contribution is 5.92. The second kappa shape index (κ2) is 9.74. The van der Waals surface area contributed by atoms with Gasteiger partial charge in [-0.2, -0.15) is 0 Å². The van der Waals surface area contributed by atoms with Gasteiger partial charge in [-0.25, -0.2) is 9.97 Å². The SMILES string of the molecule is Cc1ccc(-c2cn3c(C(N)=O)cnc(NC4CCC(CC5CCC(N)CC5)CC4)c3n2)cc1. The molecule has 2 heterocycles. The van der Waals surface area contributed by atoms with E-state index in [1.54, 1.807) is 10.6 Å². The number of carbonyl (C=O) groups excluding carboxylic acids is 1. The third-order valence-electron chi connectivity index (χ3n) is 7.84. The number of carbonyl (C=O) groups is 1. The van der Waals surface area contributed by atoms with E-state index in [0.29, 0.717) is 29.2 Å². The van der Waals surface area contributed by atoms with E-state index in [-0.39, 0.29) is 0 Å². The van der Waals surface area contributed by atoms with E-state index in [1.165, 1.54) is 50.5 Å². The molecule has 2 aromatic heterocycles. The number of nitrogens with zero attached hydrogens (tertiary/aromatic N) is 3. The van der Waals surface area contributed by atoms with Crippen molar-refractivity contribution in [2.45, 2.75) is 76.8 Å². The first kappa shape index (κ1) is 22.8. The summed E-state index contributed by atoms with van der Waals surface area (Å²) in [7, 11) is 0. The average Bonchev–Trinajstić information content (AvgIpc) is 3.28. The lowest BCUT2D eigenvalue weighted by Gasteiger charge is -2.33. The third kappa shape index (κ3) is 4.94. The van der Waals surface area contributed by atoms with Crippen LogP contribution in [0.4, 0.5) is 5.82 Å². The maximum absolute atomic E-state index is 12.0. The van der Waals surface area contributed by atoms with Crippen LogP contribution in [0.25, 0.3) is 16.9 Å². The topological polar surface area (TPSA) is 111 Å². The largest absolute Gasteiger partial charge is 0.364 e. The molecule has 0 unspecified atom stereocenters. The molecule has 180 valence electrons. The van der Waals surface area contributed by atoms with Gasteiger partial charge in [0.2, 0.25) is 0 Å². The molecule has 2 aliphatic carbocycles. The van der Waals surface area contributed by atoms with Crippen molar-refractivity contribution < 1.29 is 4.79 Å². The first-order valence-corrected chi connectivity index (χ1v) is 12.7. The van der Waals surface area contributed by atoms with Crippen molar-refractivity contribution in [2.24, 2.45) is 23.3 Å². The molecule has 0 radical (unpaired) electrons. The van der Waals surface area contributed by atoms with Gasteiger partial charge in [0, 0.05) is 23.8 Å². The highest BCUT2D eigenvalue weighted by Gasteiger charge is 2.27. The van der Waals surface area contributed by atoms with Gasteiger partial charge in [0.05, 0.1) is 11.9 Å². The summed E-state index contributed by atoms with van der Waals surface area (Å²) in [6, 6.07) is 9.01. The molecule has 2 aliphatic rings. The van der Waals surface area contributed by atoms with Crippen LogP contribution in [0.2, 0.25) is 0 Å². The Bertz CT molecular complexity index is 1140. The molecule has 1 aromatic carbocycles. The van der Waals surface area contributed by atoms with Gasteiger partial charge >= 0.3 is 0 Å². The molecular formula is C27H36N6O. The third-order valence-corrected chi connectivity index (χ3v) is 7.84. The molecule has 7 heteroatoms. The molecule has 1 amide bonds. The summed E-state index contributed by atoms with van der Waals surface area (Å²) in [5, 5.41) is 3.63. The fraction of sp³-hybridized carbons (Fsp3) is 0.519. The van der Waals surface area contributed by atoms with Crippen molar-refractivity contribution in [3.63, 3.8) is 0 Å². The smallest absolute Gasteiger partial charge is 0.267 e. The minimum atomic E-state index is -0.513. The summed E-state index contributed by atoms with van der Waals surface area (Å²) < 4.78 is 1.77. The summed E-state index contributed by atoms with van der Waals surface area (Å²) in [4.78, 5) is 21.4. The normalized spacial score (nSPS) is 25.4. The summed E-state index contributed by atoms with van der Waals surface area (Å²) in [6.07, 6.45) is 14.5. The van der Waals surface area contributed by atoms with E-state index in [9.17, 15) is 4.79 Å². The van der Waals surface area contributed by atoms with Crippen LogP contribution in [-0.2, 0) is 0 Å². The van der Waals surface area contributed by atoms with Crippen molar-refractivity contribution in [3.8, 4) is 11.3 Å². The number of rotatable bonds is 6. The Morgan fingerprint density at radius 1 is 1.03 bits per heavy atom. The first-order valence-electron chi connectivity index (χ1n) is 12.7. The van der Waals surface area contributed by atoms with E-state index in [1.807, 2.05) is 18.3 Å². The van der Waals surface area contributed by atoms with Crippen LogP contribution >= 0.6 is 0 Å². The van der Waals surface area contributed by atoms with Crippen LogP contribution in [0.15, 0.2) is 36.7 Å². The van der Waals surface area contributed by atoms with Gasteiger partial charge < -0.3 is 16.8 Å². The molecule has 7 nitrogen and oxygen atoms in total. The number of amides is 1. The van der Waals surface area contributed by atoms with Gasteiger partial charge in [-0.3, -0.25) is 9.20 Å². The van der Waals surface area contributed by atoms with Gasteiger partial charge in [0.25, 0.3) is 5.91 Å². The molecule has 3 aromatic rings. The van der Waals surface area contributed by atoms with Crippen LogP contribution in [0, 0.1) is 18.8 Å². The van der Waals surface area contributed by atoms with Crippen molar-refractivity contribution >= 4 is 17.4 Å². The zero-order valence-electron chi connectivity index (χ0n) is 20.0. The number of hydrogen-bond donors (Lipinski definition) is 3. The molecule has 0 aliphatic heterocycles. The van der Waals surface area contributed by atoms with E-state index >= 15 is 0 Å². The van der Waals surface area contributed by atoms with Gasteiger partial charge in [-0.1, -0.05) is 29.8 Å². The number of aromatic nitrogens is 3. The Labute approximate surface area is 201 Å². The number of primary amides is 1. The number of nitrogens with one attached hydrogen (secondary N) is 1. The Morgan fingerprint density at radius 2 is 1.68 bits per heavy atom. The minimum absolute atomic E-state index is 0.335. The number of benzene rings is 1. The van der Waals surface area contributed by atoms with E-state index < -0.39 is 5.91 Å². The van der Waals surface area contributed by atoms with Gasteiger partial charge in [-0.05, 0) is 76.5 Å². The second-order valence-corrected chi connectivity index (χ2v) is 10.4. The maximum atomic E-state index is 12.0. The monoisotopic (exact) mass is 460 g/mol. The van der Waals surface area contributed by atoms with Gasteiger partial charge in [0.1, 0.15) is 5.69 Å². The molecule has 2 saturated carbocycles. The van der Waals surface area contributed by atoms with Crippen LogP contribution < -0.4 is 16.8 Å². The predicted molar refractivity (Wildman–Crippen MR) is 136 cm³/mol. The summed E-state index contributed by atoms with van der Waals surface area (Å²) in [5.74, 6) is 1.89. The summed E-state index contributed by atoms with van der Waals surface area (Å²) >= 11 is 0. The average molecular weight is 461 g/mol. The summed E-state index contributed by atoms with van der Waals surface area (Å²) in [5.41, 5.74) is 15.7. The number of aryl methyl sites for hydroxylation is 1. The number of imidazole rings is 1. The molecular weight excluding hydrogens is 424 g/mol. The highest BCUT2D eigenvalue weighted by Crippen LogP contribution is 2.36.